The van der Waals surface area contributed by atoms with Gasteiger partial charge in [-0.2, -0.15) is 10.0 Å². The second-order valence-electron chi connectivity index (χ2n) is 7.19. The normalized spacial score (nSPS) is 16.5. The predicted molar refractivity (Wildman–Crippen MR) is 131 cm³/mol. The third-order valence-corrected chi connectivity index (χ3v) is 7.35. The number of amidine groups is 2. The summed E-state index contributed by atoms with van der Waals surface area (Å²) in [5.74, 6) is -0.465. The van der Waals surface area contributed by atoms with Gasteiger partial charge in [-0.15, -0.1) is 5.10 Å². The van der Waals surface area contributed by atoms with Crippen LogP contribution in [-0.2, 0) is 14.6 Å². The number of esters is 1. The zero-order valence-corrected chi connectivity index (χ0v) is 20.3. The Morgan fingerprint density at radius 2 is 1.77 bits per heavy atom. The van der Waals surface area contributed by atoms with Crippen LogP contribution in [0.2, 0.25) is 0 Å². The zero-order valence-electron chi connectivity index (χ0n) is 18.6. The average molecular weight is 515 g/mol. The summed E-state index contributed by atoms with van der Waals surface area (Å²) < 4.78 is 39.0. The van der Waals surface area contributed by atoms with Crippen LogP contribution in [-0.4, -0.2) is 61.2 Å². The Kier molecular flexibility index (Phi) is 6.45. The quantitative estimate of drug-likeness (QED) is 0.361. The molecule has 11 nitrogen and oxygen atoms in total. The van der Waals surface area contributed by atoms with E-state index in [1.54, 1.807) is 24.3 Å². The van der Waals surface area contributed by atoms with E-state index in [2.05, 4.69) is 10.1 Å². The van der Waals surface area contributed by atoms with Crippen molar-refractivity contribution in [3.63, 3.8) is 0 Å². The summed E-state index contributed by atoms with van der Waals surface area (Å²) >= 11 is 0.713. The van der Waals surface area contributed by atoms with Crippen molar-refractivity contribution < 1.29 is 32.2 Å². The lowest BCUT2D eigenvalue weighted by atomic mass is 10.1. The van der Waals surface area contributed by atoms with Crippen LogP contribution < -0.4 is 14.2 Å². The molecule has 2 aliphatic rings. The molecule has 0 aliphatic carbocycles. The van der Waals surface area contributed by atoms with Crippen LogP contribution >= 0.6 is 11.8 Å². The molecule has 0 fully saturated rings. The first-order valence-corrected chi connectivity index (χ1v) is 12.6. The van der Waals surface area contributed by atoms with Gasteiger partial charge in [0.2, 0.25) is 19.4 Å². The van der Waals surface area contributed by atoms with Crippen molar-refractivity contribution in [3.8, 4) is 17.2 Å². The number of hydrogen-bond donors (Lipinski definition) is 1. The number of sulfone groups is 1. The number of rotatable bonds is 5. The largest absolute Gasteiger partial charge is 0.493 e. The summed E-state index contributed by atoms with van der Waals surface area (Å²) in [6.45, 7) is 0. The summed E-state index contributed by atoms with van der Waals surface area (Å²) in [7, 11) is -0.661. The minimum Gasteiger partial charge on any atom is -0.493 e. The molecule has 0 radical (unpaired) electrons. The Balaban J connectivity index is 1.51. The Bertz CT molecular complexity index is 1440. The van der Waals surface area contributed by atoms with E-state index >= 15 is 0 Å². The molecule has 0 saturated carbocycles. The fraction of sp³-hybridized carbons (Fsp3) is 0.136. The van der Waals surface area contributed by atoms with Gasteiger partial charge in [-0.25, -0.2) is 13.2 Å². The number of benzene rings is 2. The van der Waals surface area contributed by atoms with E-state index < -0.39 is 21.7 Å². The maximum atomic E-state index is 12.5. The van der Waals surface area contributed by atoms with Crippen molar-refractivity contribution in [2.24, 2.45) is 10.1 Å². The van der Waals surface area contributed by atoms with Crippen LogP contribution in [0.1, 0.15) is 15.9 Å². The van der Waals surface area contributed by atoms with E-state index in [1.165, 1.54) is 38.5 Å². The zero-order chi connectivity index (χ0) is 25.3. The summed E-state index contributed by atoms with van der Waals surface area (Å²) in [6.07, 6.45) is 2.41. The molecular formula is C22H18N4O7S2. The van der Waals surface area contributed by atoms with Crippen LogP contribution in [0, 0.1) is 5.41 Å². The number of carbonyl (C=O) groups is 2. The second kappa shape index (κ2) is 9.35. The fourth-order valence-electron chi connectivity index (χ4n) is 3.05. The van der Waals surface area contributed by atoms with Gasteiger partial charge in [0.05, 0.1) is 25.4 Å². The predicted octanol–water partition coefficient (Wildman–Crippen LogP) is 2.54. The minimum absolute atomic E-state index is 0.00926. The van der Waals surface area contributed by atoms with Crippen molar-refractivity contribution in [2.75, 3.05) is 20.5 Å². The topological polar surface area (TPSA) is 148 Å². The molecule has 0 spiro atoms. The molecule has 0 saturated heterocycles. The highest BCUT2D eigenvalue weighted by molar-refractivity contribution is 8.42. The number of aliphatic imine (C=N–C) groups is 1. The molecule has 35 heavy (non-hydrogen) atoms. The lowest BCUT2D eigenvalue weighted by Crippen LogP contribution is -2.35. The van der Waals surface area contributed by atoms with E-state index in [0.29, 0.717) is 28.8 Å². The fourth-order valence-corrected chi connectivity index (χ4v) is 4.74. The number of amides is 1. The van der Waals surface area contributed by atoms with Crippen molar-refractivity contribution in [1.29, 1.82) is 5.41 Å². The Hall–Kier alpha value is -3.97. The molecule has 0 bridgehead atoms. The molecule has 13 heteroatoms. The Morgan fingerprint density at radius 3 is 2.40 bits per heavy atom. The Morgan fingerprint density at radius 1 is 1.09 bits per heavy atom. The van der Waals surface area contributed by atoms with Gasteiger partial charge < -0.3 is 14.2 Å². The van der Waals surface area contributed by atoms with Gasteiger partial charge >= 0.3 is 5.97 Å². The highest BCUT2D eigenvalue weighted by atomic mass is 32.3. The summed E-state index contributed by atoms with van der Waals surface area (Å²) in [5.41, 5.74) is 0.728. The number of nitrogens with one attached hydrogen (secondary N) is 1. The van der Waals surface area contributed by atoms with E-state index in [0.717, 1.165) is 11.3 Å². The van der Waals surface area contributed by atoms with Crippen molar-refractivity contribution >= 4 is 54.9 Å². The second-order valence-corrected chi connectivity index (χ2v) is 10.3. The highest BCUT2D eigenvalue weighted by Gasteiger charge is 2.38. The van der Waals surface area contributed by atoms with Crippen LogP contribution in [0.25, 0.3) is 6.08 Å². The standard InChI is InChI=1S/C22H18N4O7S2/c1-31-16-9-6-13(11-17(16)32-2)20(28)33-14-7-4-12(5-8-14)10-15-18(23)26-21(24-19(15)27)34-22(25-26)35(3,29)30/h4-11,23H,1-3H3/b15-10-,23-18?. The van der Waals surface area contributed by atoms with Crippen LogP contribution in [0.3, 0.4) is 0 Å². The molecule has 2 heterocycles. The maximum Gasteiger partial charge on any atom is 0.343 e. The summed E-state index contributed by atoms with van der Waals surface area (Å²) in [5, 5.41) is 13.2. The number of hydrogen-bond acceptors (Lipinski definition) is 10. The summed E-state index contributed by atoms with van der Waals surface area (Å²) in [6, 6.07) is 10.9. The number of nitrogens with zero attached hydrogens (tertiary/aromatic N) is 3. The first-order chi connectivity index (χ1) is 16.6. The van der Waals surface area contributed by atoms with Crippen LogP contribution in [0.5, 0.6) is 17.2 Å². The van der Waals surface area contributed by atoms with E-state index in [1.807, 2.05) is 0 Å². The molecule has 2 aromatic rings. The van der Waals surface area contributed by atoms with Crippen molar-refractivity contribution in [2.45, 2.75) is 0 Å². The molecule has 0 aromatic heterocycles. The maximum absolute atomic E-state index is 12.5. The van der Waals surface area contributed by atoms with Crippen molar-refractivity contribution in [3.05, 3.63) is 59.2 Å². The molecular weight excluding hydrogens is 496 g/mol. The first-order valence-electron chi connectivity index (χ1n) is 9.85. The highest BCUT2D eigenvalue weighted by Crippen LogP contribution is 2.30. The molecule has 1 amide bonds. The molecule has 2 aliphatic heterocycles. The van der Waals surface area contributed by atoms with E-state index in [-0.39, 0.29) is 32.3 Å². The average Bonchev–Trinajstić information content (AvgIpc) is 3.27. The monoisotopic (exact) mass is 514 g/mol. The van der Waals surface area contributed by atoms with Crippen LogP contribution in [0.15, 0.2) is 58.1 Å². The smallest absolute Gasteiger partial charge is 0.343 e. The lowest BCUT2D eigenvalue weighted by Gasteiger charge is -2.20. The molecule has 0 unspecified atom stereocenters. The first kappa shape index (κ1) is 24.2. The van der Waals surface area contributed by atoms with E-state index in [4.69, 9.17) is 19.6 Å². The number of fused-ring (bicyclic) bond motifs is 1. The van der Waals surface area contributed by atoms with Gasteiger partial charge in [-0.05, 0) is 53.7 Å². The van der Waals surface area contributed by atoms with Crippen molar-refractivity contribution in [1.82, 2.24) is 5.01 Å². The minimum atomic E-state index is -3.61. The molecule has 180 valence electrons. The van der Waals surface area contributed by atoms with Gasteiger partial charge in [0.25, 0.3) is 5.91 Å². The SMILES string of the molecule is COc1ccc(C(=O)Oc2ccc(/C=C3/C(=N)N4N=C(S(C)(=O)=O)SC4=NC3=O)cc2)cc1OC. The third-order valence-electron chi connectivity index (χ3n) is 4.77. The van der Waals surface area contributed by atoms with E-state index in [9.17, 15) is 18.0 Å². The van der Waals surface area contributed by atoms with Gasteiger partial charge in [0.1, 0.15) is 5.75 Å². The van der Waals surface area contributed by atoms with Gasteiger partial charge in [0.15, 0.2) is 17.3 Å². The lowest BCUT2D eigenvalue weighted by molar-refractivity contribution is -0.114. The molecule has 2 aromatic carbocycles. The van der Waals surface area contributed by atoms with Gasteiger partial charge in [-0.3, -0.25) is 10.2 Å². The molecule has 0 atom stereocenters. The number of methoxy groups -OCH3 is 2. The number of thioether (sulfide) groups is 1. The molecule has 4 rings (SSSR count). The van der Waals surface area contributed by atoms with Gasteiger partial charge in [0, 0.05) is 6.26 Å². The Labute approximate surface area is 204 Å². The summed E-state index contributed by atoms with van der Waals surface area (Å²) in [4.78, 5) is 28.8. The number of carbonyl (C=O) groups excluding carboxylic acids is 2. The molecule has 1 N–H and O–H groups in total. The van der Waals surface area contributed by atoms with Gasteiger partial charge in [-0.1, -0.05) is 12.1 Å². The number of hydrazone groups is 1. The third kappa shape index (κ3) is 4.95. The van der Waals surface area contributed by atoms with Crippen LogP contribution in [0.4, 0.5) is 0 Å². The number of ether oxygens (including phenoxy) is 3.